The Morgan fingerprint density at radius 2 is 2.11 bits per heavy atom. The molecule has 0 aliphatic rings. The van der Waals surface area contributed by atoms with E-state index in [4.69, 9.17) is 23.8 Å². The molecular formula is C13H9BrClN3S. The van der Waals surface area contributed by atoms with Gasteiger partial charge in [-0.25, -0.2) is 4.98 Å². The minimum Gasteiger partial charge on any atom is -0.329 e. The quantitative estimate of drug-likeness (QED) is 0.636. The molecule has 0 saturated carbocycles. The van der Waals surface area contributed by atoms with Crippen LogP contribution in [0.15, 0.2) is 34.8 Å². The lowest BCUT2D eigenvalue weighted by molar-refractivity contribution is 1.03. The van der Waals surface area contributed by atoms with E-state index in [1.807, 2.05) is 41.8 Å². The molecule has 0 aliphatic heterocycles. The number of H-pyrrole nitrogens is 1. The lowest BCUT2D eigenvalue weighted by atomic mass is 10.3. The molecule has 3 aromatic rings. The van der Waals surface area contributed by atoms with Gasteiger partial charge in [0.05, 0.1) is 20.7 Å². The molecule has 0 fully saturated rings. The van der Waals surface area contributed by atoms with Crippen LogP contribution in [0.2, 0.25) is 5.02 Å². The summed E-state index contributed by atoms with van der Waals surface area (Å²) < 4.78 is 3.28. The number of aromatic nitrogens is 3. The number of benzene rings is 1. The molecule has 0 aliphatic carbocycles. The predicted octanol–water partition coefficient (Wildman–Crippen LogP) is 4.81. The van der Waals surface area contributed by atoms with Gasteiger partial charge in [-0.3, -0.25) is 4.57 Å². The van der Waals surface area contributed by atoms with Crippen molar-refractivity contribution in [1.82, 2.24) is 14.5 Å². The summed E-state index contributed by atoms with van der Waals surface area (Å²) in [6.07, 6.45) is 0. The first kappa shape index (κ1) is 12.8. The molecule has 19 heavy (non-hydrogen) atoms. The number of nitrogens with one attached hydrogen (secondary N) is 1. The Bertz CT molecular complexity index is 838. The molecule has 0 saturated heterocycles. The number of imidazole rings is 1. The third-order valence-corrected chi connectivity index (χ3v) is 4.50. The number of rotatable bonds is 1. The highest BCUT2D eigenvalue weighted by molar-refractivity contribution is 9.10. The van der Waals surface area contributed by atoms with E-state index in [1.165, 1.54) is 0 Å². The first-order chi connectivity index (χ1) is 9.08. The van der Waals surface area contributed by atoms with E-state index in [9.17, 15) is 0 Å². The summed E-state index contributed by atoms with van der Waals surface area (Å²) in [5.74, 6) is 0. The molecule has 2 heterocycles. The number of halogens is 2. The van der Waals surface area contributed by atoms with E-state index in [-0.39, 0.29) is 0 Å². The monoisotopic (exact) mass is 353 g/mol. The van der Waals surface area contributed by atoms with E-state index in [2.05, 4.69) is 25.9 Å². The van der Waals surface area contributed by atoms with Gasteiger partial charge in [-0.1, -0.05) is 17.7 Å². The number of aryl methyl sites for hydroxylation is 1. The number of aromatic amines is 1. The van der Waals surface area contributed by atoms with Crippen molar-refractivity contribution in [2.24, 2.45) is 0 Å². The molecule has 1 N–H and O–H groups in total. The lowest BCUT2D eigenvalue weighted by Gasteiger charge is -2.08. The van der Waals surface area contributed by atoms with Crippen LogP contribution in [0.1, 0.15) is 5.69 Å². The number of nitrogens with zero attached hydrogens (tertiary/aromatic N) is 2. The lowest BCUT2D eigenvalue weighted by Crippen LogP contribution is -1.97. The van der Waals surface area contributed by atoms with Gasteiger partial charge in [-0.2, -0.15) is 0 Å². The highest BCUT2D eigenvalue weighted by Crippen LogP contribution is 2.30. The highest BCUT2D eigenvalue weighted by Gasteiger charge is 2.12. The first-order valence-corrected chi connectivity index (χ1v) is 7.18. The summed E-state index contributed by atoms with van der Waals surface area (Å²) in [5.41, 5.74) is 3.52. The molecule has 3 nitrogen and oxygen atoms in total. The summed E-state index contributed by atoms with van der Waals surface area (Å²) in [5, 5.41) is 0.640. The summed E-state index contributed by atoms with van der Waals surface area (Å²) in [4.78, 5) is 7.70. The van der Waals surface area contributed by atoms with E-state index < -0.39 is 0 Å². The van der Waals surface area contributed by atoms with Crippen molar-refractivity contribution in [2.45, 2.75) is 6.92 Å². The van der Waals surface area contributed by atoms with Crippen molar-refractivity contribution in [1.29, 1.82) is 0 Å². The molecule has 0 unspecified atom stereocenters. The fourth-order valence-electron chi connectivity index (χ4n) is 1.97. The molecule has 96 valence electrons. The van der Waals surface area contributed by atoms with E-state index in [0.717, 1.165) is 27.0 Å². The van der Waals surface area contributed by atoms with Gasteiger partial charge in [0.1, 0.15) is 0 Å². The van der Waals surface area contributed by atoms with Gasteiger partial charge in [0.25, 0.3) is 0 Å². The van der Waals surface area contributed by atoms with Crippen LogP contribution in [0.3, 0.4) is 0 Å². The average molecular weight is 355 g/mol. The van der Waals surface area contributed by atoms with Crippen LogP contribution < -0.4 is 0 Å². The summed E-state index contributed by atoms with van der Waals surface area (Å²) >= 11 is 15.0. The van der Waals surface area contributed by atoms with Gasteiger partial charge >= 0.3 is 0 Å². The zero-order valence-electron chi connectivity index (χ0n) is 9.95. The molecule has 2 aromatic heterocycles. The van der Waals surface area contributed by atoms with Crippen LogP contribution in [0.5, 0.6) is 0 Å². The Balaban J connectivity index is 2.42. The van der Waals surface area contributed by atoms with Crippen LogP contribution in [-0.4, -0.2) is 14.5 Å². The topological polar surface area (TPSA) is 33.6 Å². The summed E-state index contributed by atoms with van der Waals surface area (Å²) in [7, 11) is 0. The largest absolute Gasteiger partial charge is 0.329 e. The molecule has 0 amide bonds. The molecule has 6 heteroatoms. The second-order valence-corrected chi connectivity index (χ2v) is 5.75. The van der Waals surface area contributed by atoms with Gasteiger partial charge in [-0.05, 0) is 59.3 Å². The maximum atomic E-state index is 6.14. The Kier molecular flexibility index (Phi) is 3.20. The Labute approximate surface area is 128 Å². The SMILES string of the molecule is Cc1ccc2[nH]c(=S)n(-c3cccc(Cl)c3Br)c2n1. The van der Waals surface area contributed by atoms with Crippen molar-refractivity contribution in [3.63, 3.8) is 0 Å². The van der Waals surface area contributed by atoms with Crippen molar-refractivity contribution >= 4 is 50.9 Å². The number of hydrogen-bond acceptors (Lipinski definition) is 2. The van der Waals surface area contributed by atoms with Crippen LogP contribution in [0.25, 0.3) is 16.9 Å². The van der Waals surface area contributed by atoms with Crippen LogP contribution in [0.4, 0.5) is 0 Å². The fourth-order valence-corrected chi connectivity index (χ4v) is 2.87. The van der Waals surface area contributed by atoms with Crippen molar-refractivity contribution in [3.8, 4) is 5.69 Å². The van der Waals surface area contributed by atoms with Crippen molar-refractivity contribution < 1.29 is 0 Å². The van der Waals surface area contributed by atoms with E-state index in [0.29, 0.717) is 9.79 Å². The van der Waals surface area contributed by atoms with Crippen molar-refractivity contribution in [2.75, 3.05) is 0 Å². The average Bonchev–Trinajstić information content (AvgIpc) is 2.69. The predicted molar refractivity (Wildman–Crippen MR) is 83.7 cm³/mol. The summed E-state index contributed by atoms with van der Waals surface area (Å²) in [6.45, 7) is 1.95. The Morgan fingerprint density at radius 1 is 1.32 bits per heavy atom. The van der Waals surface area contributed by atoms with Crippen LogP contribution >= 0.6 is 39.7 Å². The Hall–Kier alpha value is -1.17. The zero-order valence-corrected chi connectivity index (χ0v) is 13.1. The van der Waals surface area contributed by atoms with Gasteiger partial charge in [0, 0.05) is 5.69 Å². The minimum absolute atomic E-state index is 0.594. The maximum absolute atomic E-state index is 6.14. The maximum Gasteiger partial charge on any atom is 0.184 e. The zero-order chi connectivity index (χ0) is 13.6. The molecule has 0 bridgehead atoms. The number of pyridine rings is 1. The second kappa shape index (κ2) is 4.74. The highest BCUT2D eigenvalue weighted by atomic mass is 79.9. The first-order valence-electron chi connectivity index (χ1n) is 5.60. The van der Waals surface area contributed by atoms with Crippen molar-refractivity contribution in [3.05, 3.63) is 50.3 Å². The molecule has 3 rings (SSSR count). The number of hydrogen-bond donors (Lipinski definition) is 1. The normalized spacial score (nSPS) is 11.1. The van der Waals surface area contributed by atoms with Crippen LogP contribution in [0, 0.1) is 11.7 Å². The number of fused-ring (bicyclic) bond motifs is 1. The molecule has 1 aromatic carbocycles. The van der Waals surface area contributed by atoms with Crippen LogP contribution in [-0.2, 0) is 0 Å². The third-order valence-electron chi connectivity index (χ3n) is 2.84. The smallest absolute Gasteiger partial charge is 0.184 e. The Morgan fingerprint density at radius 3 is 2.89 bits per heavy atom. The summed E-state index contributed by atoms with van der Waals surface area (Å²) in [6, 6.07) is 9.58. The van der Waals surface area contributed by atoms with Gasteiger partial charge in [0.2, 0.25) is 0 Å². The minimum atomic E-state index is 0.594. The van der Waals surface area contributed by atoms with E-state index in [1.54, 1.807) is 0 Å². The van der Waals surface area contributed by atoms with Gasteiger partial charge in [0.15, 0.2) is 10.4 Å². The fraction of sp³-hybridized carbons (Fsp3) is 0.0769. The van der Waals surface area contributed by atoms with Gasteiger partial charge in [-0.15, -0.1) is 0 Å². The third kappa shape index (κ3) is 2.12. The molecule has 0 atom stereocenters. The second-order valence-electron chi connectivity index (χ2n) is 4.16. The van der Waals surface area contributed by atoms with E-state index >= 15 is 0 Å². The molecular weight excluding hydrogens is 346 g/mol. The molecule has 0 radical (unpaired) electrons. The standard InChI is InChI=1S/C13H9BrClN3S/c1-7-5-6-9-12(16-7)18(13(19)17-9)10-4-2-3-8(15)11(10)14/h2-6H,1H3,(H,17,19). The molecule has 0 spiro atoms. The van der Waals surface area contributed by atoms with Gasteiger partial charge < -0.3 is 4.98 Å².